The Balaban J connectivity index is 1.55. The van der Waals surface area contributed by atoms with Crippen LogP contribution in [0.2, 0.25) is 0 Å². The Morgan fingerprint density at radius 3 is 2.54 bits per heavy atom. The number of hydrogen-bond acceptors (Lipinski definition) is 3. The Labute approximate surface area is 165 Å². The highest BCUT2D eigenvalue weighted by Crippen LogP contribution is 2.27. The minimum atomic E-state index is 0.00173. The second kappa shape index (κ2) is 9.24. The Morgan fingerprint density at radius 1 is 1.00 bits per heavy atom. The van der Waals surface area contributed by atoms with Crippen molar-refractivity contribution >= 4 is 16.7 Å². The molecule has 1 amide bonds. The van der Waals surface area contributed by atoms with Crippen molar-refractivity contribution in [1.29, 1.82) is 0 Å². The molecule has 0 aliphatic heterocycles. The summed E-state index contributed by atoms with van der Waals surface area (Å²) in [6, 6.07) is 20.5. The van der Waals surface area contributed by atoms with Gasteiger partial charge in [-0.3, -0.25) is 4.79 Å². The molecule has 1 atom stereocenters. The van der Waals surface area contributed by atoms with Crippen molar-refractivity contribution in [2.45, 2.75) is 19.5 Å². The van der Waals surface area contributed by atoms with Crippen LogP contribution in [0.3, 0.4) is 0 Å². The number of quaternary nitrogens is 1. The summed E-state index contributed by atoms with van der Waals surface area (Å²) in [7, 11) is 3.20. The maximum Gasteiger partial charge on any atom is 0.275 e. The molecule has 0 aliphatic carbocycles. The number of methoxy groups -OCH3 is 2. The topological polar surface area (TPSA) is 64.2 Å². The molecular weight excluding hydrogens is 352 g/mol. The molecule has 28 heavy (non-hydrogen) atoms. The van der Waals surface area contributed by atoms with Crippen molar-refractivity contribution in [2.24, 2.45) is 0 Å². The van der Waals surface area contributed by atoms with Gasteiger partial charge in [-0.05, 0) is 35.4 Å². The molecule has 0 saturated heterocycles. The lowest BCUT2D eigenvalue weighted by molar-refractivity contribution is -0.682. The number of fused-ring (bicyclic) bond motifs is 1. The number of carbonyl (C=O) groups excluding carboxylic acids is 1. The first-order valence-corrected chi connectivity index (χ1v) is 9.41. The Hall–Kier alpha value is -3.05. The van der Waals surface area contributed by atoms with Crippen LogP contribution in [0, 0.1) is 0 Å². The van der Waals surface area contributed by atoms with Crippen LogP contribution in [0.15, 0.2) is 60.7 Å². The zero-order valence-electron chi connectivity index (χ0n) is 16.6. The first-order valence-electron chi connectivity index (χ1n) is 9.41. The number of carbonyl (C=O) groups is 1. The Bertz CT molecular complexity index is 950. The predicted molar refractivity (Wildman–Crippen MR) is 111 cm³/mol. The molecule has 3 rings (SSSR count). The van der Waals surface area contributed by atoms with Crippen LogP contribution in [0.5, 0.6) is 11.5 Å². The van der Waals surface area contributed by atoms with Crippen molar-refractivity contribution in [3.63, 3.8) is 0 Å². The maximum absolute atomic E-state index is 12.3. The molecular formula is C23H27N2O3+. The van der Waals surface area contributed by atoms with E-state index >= 15 is 0 Å². The summed E-state index contributed by atoms with van der Waals surface area (Å²) in [5.74, 6) is 1.34. The summed E-state index contributed by atoms with van der Waals surface area (Å²) >= 11 is 0. The summed E-state index contributed by atoms with van der Waals surface area (Å²) in [5.41, 5.74) is 2.21. The normalized spacial score (nSPS) is 11.8. The minimum absolute atomic E-state index is 0.00173. The van der Waals surface area contributed by atoms with Crippen molar-refractivity contribution in [3.8, 4) is 11.5 Å². The Morgan fingerprint density at radius 2 is 1.75 bits per heavy atom. The van der Waals surface area contributed by atoms with Crippen LogP contribution >= 0.6 is 0 Å². The zero-order chi connectivity index (χ0) is 19.9. The van der Waals surface area contributed by atoms with Crippen molar-refractivity contribution < 1.29 is 19.6 Å². The highest BCUT2D eigenvalue weighted by molar-refractivity contribution is 5.86. The molecule has 3 aromatic carbocycles. The third-order valence-electron chi connectivity index (χ3n) is 4.91. The number of amides is 1. The van der Waals surface area contributed by atoms with Crippen molar-refractivity contribution in [3.05, 3.63) is 71.8 Å². The molecule has 0 aliphatic rings. The smallest absolute Gasteiger partial charge is 0.275 e. The molecule has 0 unspecified atom stereocenters. The van der Waals surface area contributed by atoms with E-state index in [-0.39, 0.29) is 11.9 Å². The van der Waals surface area contributed by atoms with Crippen LogP contribution in [-0.2, 0) is 11.3 Å². The largest absolute Gasteiger partial charge is 0.493 e. The highest BCUT2D eigenvalue weighted by atomic mass is 16.5. The highest BCUT2D eigenvalue weighted by Gasteiger charge is 2.14. The lowest BCUT2D eigenvalue weighted by Gasteiger charge is -2.14. The van der Waals surface area contributed by atoms with E-state index in [1.165, 1.54) is 16.3 Å². The molecule has 5 heteroatoms. The van der Waals surface area contributed by atoms with Crippen molar-refractivity contribution in [2.75, 3.05) is 20.8 Å². The van der Waals surface area contributed by atoms with E-state index in [0.29, 0.717) is 24.6 Å². The second-order valence-electron chi connectivity index (χ2n) is 6.76. The standard InChI is InChI=1S/C23H26N2O3/c1-16(19-10-6-8-18-7-4-5-9-20(18)19)24-15-23(26)25-14-17-11-12-21(27-2)22(13-17)28-3/h4-13,16,24H,14-15H2,1-3H3,(H,25,26)/p+1/t16-/m1/s1. The van der Waals surface area contributed by atoms with Crippen LogP contribution in [0.25, 0.3) is 10.8 Å². The van der Waals surface area contributed by atoms with E-state index in [2.05, 4.69) is 47.9 Å². The van der Waals surface area contributed by atoms with Crippen LogP contribution in [-0.4, -0.2) is 26.7 Å². The van der Waals surface area contributed by atoms with Crippen LogP contribution in [0.4, 0.5) is 0 Å². The number of hydrogen-bond donors (Lipinski definition) is 2. The van der Waals surface area contributed by atoms with Gasteiger partial charge >= 0.3 is 0 Å². The summed E-state index contributed by atoms with van der Waals surface area (Å²) in [5, 5.41) is 7.48. The molecule has 146 valence electrons. The molecule has 3 aromatic rings. The molecule has 0 bridgehead atoms. The average molecular weight is 379 g/mol. The van der Waals surface area contributed by atoms with E-state index < -0.39 is 0 Å². The predicted octanol–water partition coefficient (Wildman–Crippen LogP) is 2.80. The molecule has 5 nitrogen and oxygen atoms in total. The number of nitrogens with one attached hydrogen (secondary N) is 1. The van der Waals surface area contributed by atoms with Gasteiger partial charge in [0.2, 0.25) is 0 Å². The second-order valence-corrected chi connectivity index (χ2v) is 6.76. The molecule has 0 heterocycles. The van der Waals surface area contributed by atoms with E-state index in [4.69, 9.17) is 9.47 Å². The van der Waals surface area contributed by atoms with Gasteiger partial charge in [0, 0.05) is 12.1 Å². The fourth-order valence-electron chi connectivity index (χ4n) is 3.32. The summed E-state index contributed by atoms with van der Waals surface area (Å²) in [4.78, 5) is 12.3. The first kappa shape index (κ1) is 19.7. The van der Waals surface area contributed by atoms with Gasteiger partial charge in [-0.2, -0.15) is 0 Å². The molecule has 0 aromatic heterocycles. The minimum Gasteiger partial charge on any atom is -0.493 e. The summed E-state index contributed by atoms with van der Waals surface area (Å²) < 4.78 is 10.5. The third kappa shape index (κ3) is 4.61. The van der Waals surface area contributed by atoms with E-state index in [1.54, 1.807) is 14.2 Å². The molecule has 0 spiro atoms. The van der Waals surface area contributed by atoms with Crippen molar-refractivity contribution in [1.82, 2.24) is 5.32 Å². The summed E-state index contributed by atoms with van der Waals surface area (Å²) in [6.07, 6.45) is 0. The van der Waals surface area contributed by atoms with E-state index in [0.717, 1.165) is 5.56 Å². The third-order valence-corrected chi connectivity index (χ3v) is 4.91. The van der Waals surface area contributed by atoms with Gasteiger partial charge in [0.1, 0.15) is 6.04 Å². The van der Waals surface area contributed by atoms with Gasteiger partial charge in [0.05, 0.1) is 14.2 Å². The fourth-order valence-corrected chi connectivity index (χ4v) is 3.32. The number of nitrogens with two attached hydrogens (primary N) is 1. The lowest BCUT2D eigenvalue weighted by Crippen LogP contribution is -2.87. The van der Waals surface area contributed by atoms with Crippen LogP contribution < -0.4 is 20.1 Å². The first-order chi connectivity index (χ1) is 13.6. The van der Waals surface area contributed by atoms with Gasteiger partial charge in [-0.1, -0.05) is 48.5 Å². The molecule has 0 fully saturated rings. The number of rotatable bonds is 8. The van der Waals surface area contributed by atoms with Gasteiger partial charge in [-0.25, -0.2) is 0 Å². The summed E-state index contributed by atoms with van der Waals surface area (Å²) in [6.45, 7) is 2.96. The fraction of sp³-hybridized carbons (Fsp3) is 0.261. The average Bonchev–Trinajstić information content (AvgIpc) is 2.75. The molecule has 3 N–H and O–H groups in total. The van der Waals surface area contributed by atoms with Crippen LogP contribution in [0.1, 0.15) is 24.1 Å². The van der Waals surface area contributed by atoms with Gasteiger partial charge in [-0.15, -0.1) is 0 Å². The zero-order valence-corrected chi connectivity index (χ0v) is 16.6. The van der Waals surface area contributed by atoms with E-state index in [1.807, 2.05) is 30.3 Å². The monoisotopic (exact) mass is 379 g/mol. The van der Waals surface area contributed by atoms with Gasteiger partial charge in [0.25, 0.3) is 5.91 Å². The number of ether oxygens (including phenoxy) is 2. The van der Waals surface area contributed by atoms with Gasteiger partial charge < -0.3 is 20.1 Å². The maximum atomic E-state index is 12.3. The van der Waals surface area contributed by atoms with Gasteiger partial charge in [0.15, 0.2) is 18.0 Å². The SMILES string of the molecule is COc1ccc(CNC(=O)C[NH2+][C@H](C)c2cccc3ccccc23)cc1OC. The quantitative estimate of drug-likeness (QED) is 0.633. The lowest BCUT2D eigenvalue weighted by atomic mass is 10.00. The molecule has 0 radical (unpaired) electrons. The van der Waals surface area contributed by atoms with E-state index in [9.17, 15) is 4.79 Å². The Kier molecular flexibility index (Phi) is 6.50. The molecule has 0 saturated carbocycles. The number of benzene rings is 3.